The van der Waals surface area contributed by atoms with Crippen LogP contribution in [0.1, 0.15) is 6.92 Å². The maximum Gasteiger partial charge on any atom is 0.262 e. The van der Waals surface area contributed by atoms with Crippen molar-refractivity contribution in [1.29, 1.82) is 0 Å². The lowest BCUT2D eigenvalue weighted by atomic mass is 10.1. The molecule has 3 aromatic carbocycles. The molecule has 4 rings (SSSR count). The van der Waals surface area contributed by atoms with Crippen LogP contribution in [0, 0.1) is 0 Å². The van der Waals surface area contributed by atoms with E-state index in [4.69, 9.17) is 14.2 Å². The highest BCUT2D eigenvalue weighted by molar-refractivity contribution is 5.93. The highest BCUT2D eigenvalue weighted by Gasteiger charge is 2.13. The molecule has 1 aromatic heterocycles. The van der Waals surface area contributed by atoms with Crippen LogP contribution in [-0.4, -0.2) is 36.2 Å². The zero-order valence-electron chi connectivity index (χ0n) is 18.3. The quantitative estimate of drug-likeness (QED) is 0.425. The first-order valence-corrected chi connectivity index (χ1v) is 10.4. The first-order chi connectivity index (χ1) is 16.1. The number of aromatic nitrogens is 2. The molecule has 1 heterocycles. The smallest absolute Gasteiger partial charge is 0.262 e. The third-order valence-electron chi connectivity index (χ3n) is 4.87. The molecule has 0 aliphatic rings. The van der Waals surface area contributed by atoms with Gasteiger partial charge >= 0.3 is 0 Å². The van der Waals surface area contributed by atoms with Gasteiger partial charge in [-0.2, -0.15) is 0 Å². The van der Waals surface area contributed by atoms with Gasteiger partial charge in [-0.05, 0) is 49.4 Å². The van der Waals surface area contributed by atoms with Crippen molar-refractivity contribution in [3.8, 4) is 28.6 Å². The van der Waals surface area contributed by atoms with Gasteiger partial charge in [-0.3, -0.25) is 9.59 Å². The molecule has 2 N–H and O–H groups in total. The second kappa shape index (κ2) is 9.86. The molecule has 0 aliphatic heterocycles. The Kier molecular flexibility index (Phi) is 6.54. The van der Waals surface area contributed by atoms with Crippen molar-refractivity contribution in [3.63, 3.8) is 0 Å². The SMILES string of the molecule is CCOc1cc(-c2nc3ccccc3c(=O)[nH]2)ccc1OCC(=O)Nc1ccccc1OC. The Hall–Kier alpha value is -4.33. The molecule has 0 bridgehead atoms. The number of nitrogens with zero attached hydrogens (tertiary/aromatic N) is 1. The predicted octanol–water partition coefficient (Wildman–Crippen LogP) is 4.01. The number of carbonyl (C=O) groups is 1. The van der Waals surface area contributed by atoms with Gasteiger partial charge in [-0.1, -0.05) is 24.3 Å². The van der Waals surface area contributed by atoms with Gasteiger partial charge in [0.05, 0.1) is 30.3 Å². The Morgan fingerprint density at radius 1 is 0.970 bits per heavy atom. The molecule has 168 valence electrons. The van der Waals surface area contributed by atoms with E-state index in [1.807, 2.05) is 19.1 Å². The van der Waals surface area contributed by atoms with Crippen LogP contribution in [0.3, 0.4) is 0 Å². The van der Waals surface area contributed by atoms with Crippen LogP contribution in [0.15, 0.2) is 71.5 Å². The number of hydrogen-bond acceptors (Lipinski definition) is 6. The molecular formula is C25H23N3O5. The van der Waals surface area contributed by atoms with Crippen LogP contribution in [0.2, 0.25) is 0 Å². The zero-order chi connectivity index (χ0) is 23.2. The average Bonchev–Trinajstić information content (AvgIpc) is 2.83. The molecule has 0 unspecified atom stereocenters. The van der Waals surface area contributed by atoms with E-state index in [9.17, 15) is 9.59 Å². The molecule has 0 atom stereocenters. The molecule has 8 nitrogen and oxygen atoms in total. The van der Waals surface area contributed by atoms with Crippen LogP contribution in [0.4, 0.5) is 5.69 Å². The van der Waals surface area contributed by atoms with Gasteiger partial charge in [0.2, 0.25) is 0 Å². The number of ether oxygens (including phenoxy) is 3. The maximum absolute atomic E-state index is 12.4. The third-order valence-corrected chi connectivity index (χ3v) is 4.87. The standard InChI is InChI=1S/C25H23N3O5/c1-3-32-22-14-16(24-27-18-9-5-4-8-17(18)25(30)28-24)12-13-21(22)33-15-23(29)26-19-10-6-7-11-20(19)31-2/h4-14H,3,15H2,1-2H3,(H,26,29)(H,27,28,30). The van der Waals surface area contributed by atoms with E-state index >= 15 is 0 Å². The first kappa shape index (κ1) is 21.9. The fraction of sp³-hybridized carbons (Fsp3) is 0.160. The lowest BCUT2D eigenvalue weighted by molar-refractivity contribution is -0.118. The van der Waals surface area contributed by atoms with E-state index in [-0.39, 0.29) is 18.1 Å². The highest BCUT2D eigenvalue weighted by atomic mass is 16.5. The van der Waals surface area contributed by atoms with Gasteiger partial charge in [0.1, 0.15) is 11.6 Å². The maximum atomic E-state index is 12.4. The number of fused-ring (bicyclic) bond motifs is 1. The molecule has 0 spiro atoms. The van der Waals surface area contributed by atoms with Crippen LogP contribution < -0.4 is 25.1 Å². The van der Waals surface area contributed by atoms with Crippen molar-refractivity contribution in [2.45, 2.75) is 6.92 Å². The van der Waals surface area contributed by atoms with Crippen LogP contribution in [0.5, 0.6) is 17.2 Å². The van der Waals surface area contributed by atoms with Crippen LogP contribution >= 0.6 is 0 Å². The van der Waals surface area contributed by atoms with Crippen molar-refractivity contribution in [2.24, 2.45) is 0 Å². The molecule has 8 heteroatoms. The van der Waals surface area contributed by atoms with E-state index in [2.05, 4.69) is 15.3 Å². The van der Waals surface area contributed by atoms with E-state index in [0.717, 1.165) is 0 Å². The van der Waals surface area contributed by atoms with E-state index < -0.39 is 0 Å². The number of benzene rings is 3. The number of amides is 1. The number of carbonyl (C=O) groups excluding carboxylic acids is 1. The molecule has 33 heavy (non-hydrogen) atoms. The normalized spacial score (nSPS) is 10.6. The molecule has 0 saturated carbocycles. The van der Waals surface area contributed by atoms with Crippen molar-refractivity contribution in [1.82, 2.24) is 9.97 Å². The van der Waals surface area contributed by atoms with E-state index in [0.29, 0.717) is 51.8 Å². The van der Waals surface area contributed by atoms with Gasteiger partial charge < -0.3 is 24.5 Å². The molecule has 4 aromatic rings. The van der Waals surface area contributed by atoms with Crippen LogP contribution in [0.25, 0.3) is 22.3 Å². The molecule has 0 aliphatic carbocycles. The lowest BCUT2D eigenvalue weighted by Gasteiger charge is -2.14. The summed E-state index contributed by atoms with van der Waals surface area (Å²) in [7, 11) is 1.54. The fourth-order valence-corrected chi connectivity index (χ4v) is 3.34. The number of methoxy groups -OCH3 is 1. The Morgan fingerprint density at radius 2 is 1.76 bits per heavy atom. The monoisotopic (exact) mass is 445 g/mol. The average molecular weight is 445 g/mol. The molecule has 0 fully saturated rings. The number of rotatable bonds is 8. The summed E-state index contributed by atoms with van der Waals surface area (Å²) in [5.74, 6) is 1.48. The Balaban J connectivity index is 1.54. The van der Waals surface area contributed by atoms with Gasteiger partial charge in [0.25, 0.3) is 11.5 Å². The molecule has 0 radical (unpaired) electrons. The van der Waals surface area contributed by atoms with Gasteiger partial charge in [-0.15, -0.1) is 0 Å². The Bertz CT molecular complexity index is 1350. The highest BCUT2D eigenvalue weighted by Crippen LogP contribution is 2.32. The van der Waals surface area contributed by atoms with Gasteiger partial charge in [0, 0.05) is 5.56 Å². The summed E-state index contributed by atoms with van der Waals surface area (Å²) in [6.45, 7) is 2.03. The predicted molar refractivity (Wildman–Crippen MR) is 126 cm³/mol. The van der Waals surface area contributed by atoms with Crippen molar-refractivity contribution in [2.75, 3.05) is 25.6 Å². The molecule has 1 amide bonds. The van der Waals surface area contributed by atoms with Gasteiger partial charge in [0.15, 0.2) is 18.1 Å². The summed E-state index contributed by atoms with van der Waals surface area (Å²) in [6.07, 6.45) is 0. The van der Waals surface area contributed by atoms with Crippen molar-refractivity contribution < 1.29 is 19.0 Å². The van der Waals surface area contributed by atoms with Crippen molar-refractivity contribution in [3.05, 3.63) is 77.1 Å². The largest absolute Gasteiger partial charge is 0.495 e. The number of para-hydroxylation sites is 3. The second-order valence-electron chi connectivity index (χ2n) is 7.06. The minimum absolute atomic E-state index is 0.220. The Labute approximate surface area is 190 Å². The minimum Gasteiger partial charge on any atom is -0.495 e. The van der Waals surface area contributed by atoms with E-state index in [1.54, 1.807) is 54.6 Å². The third kappa shape index (κ3) is 4.95. The summed E-state index contributed by atoms with van der Waals surface area (Å²) in [4.78, 5) is 32.2. The topological polar surface area (TPSA) is 103 Å². The summed E-state index contributed by atoms with van der Waals surface area (Å²) < 4.78 is 16.7. The zero-order valence-corrected chi connectivity index (χ0v) is 18.3. The summed E-state index contributed by atoms with van der Waals surface area (Å²) in [6, 6.07) is 19.4. The summed E-state index contributed by atoms with van der Waals surface area (Å²) in [5.41, 5.74) is 1.59. The van der Waals surface area contributed by atoms with Crippen LogP contribution in [-0.2, 0) is 4.79 Å². The van der Waals surface area contributed by atoms with Crippen molar-refractivity contribution >= 4 is 22.5 Å². The first-order valence-electron chi connectivity index (χ1n) is 10.4. The number of nitrogens with one attached hydrogen (secondary N) is 2. The fourth-order valence-electron chi connectivity index (χ4n) is 3.34. The summed E-state index contributed by atoms with van der Waals surface area (Å²) in [5, 5.41) is 3.28. The second-order valence-corrected chi connectivity index (χ2v) is 7.06. The lowest BCUT2D eigenvalue weighted by Crippen LogP contribution is -2.20. The summed E-state index contributed by atoms with van der Waals surface area (Å²) >= 11 is 0. The van der Waals surface area contributed by atoms with Gasteiger partial charge in [-0.25, -0.2) is 4.98 Å². The van der Waals surface area contributed by atoms with E-state index in [1.165, 1.54) is 7.11 Å². The number of anilines is 1. The minimum atomic E-state index is -0.341. The number of hydrogen-bond donors (Lipinski definition) is 2. The molecular weight excluding hydrogens is 422 g/mol. The number of aromatic amines is 1. The number of H-pyrrole nitrogens is 1. The molecule has 0 saturated heterocycles. The Morgan fingerprint density at radius 3 is 2.58 bits per heavy atom.